The minimum absolute atomic E-state index is 0.0749. The van der Waals surface area contributed by atoms with Gasteiger partial charge in [-0.2, -0.15) is 0 Å². The van der Waals surface area contributed by atoms with Crippen molar-refractivity contribution in [3.8, 4) is 0 Å². The van der Waals surface area contributed by atoms with Gasteiger partial charge in [-0.05, 0) is 25.7 Å². The number of carboxylic acid groups (broad SMARTS) is 1. The lowest BCUT2D eigenvalue weighted by Crippen LogP contribution is -2.58. The zero-order valence-electron chi connectivity index (χ0n) is 10.6. The van der Waals surface area contributed by atoms with Gasteiger partial charge in [-0.15, -0.1) is 0 Å². The summed E-state index contributed by atoms with van der Waals surface area (Å²) in [6, 6.07) is 0. The van der Waals surface area contributed by atoms with Crippen molar-refractivity contribution in [1.82, 2.24) is 4.90 Å². The number of carbonyl (C=O) groups is 2. The van der Waals surface area contributed by atoms with Crippen LogP contribution in [0.4, 0.5) is 0 Å². The van der Waals surface area contributed by atoms with Gasteiger partial charge in [-0.3, -0.25) is 9.59 Å². The minimum atomic E-state index is -0.910. The fraction of sp³-hybridized carbons (Fsp3) is 0.833. The highest BCUT2D eigenvalue weighted by Gasteiger charge is 2.46. The summed E-state index contributed by atoms with van der Waals surface area (Å²) in [5.41, 5.74) is 5.28. The first-order chi connectivity index (χ1) is 8.41. The number of morpholine rings is 1. The van der Waals surface area contributed by atoms with Gasteiger partial charge < -0.3 is 20.5 Å². The van der Waals surface area contributed by atoms with E-state index in [-0.39, 0.29) is 18.2 Å². The van der Waals surface area contributed by atoms with Crippen LogP contribution >= 0.6 is 0 Å². The van der Waals surface area contributed by atoms with Gasteiger partial charge in [-0.1, -0.05) is 0 Å². The second kappa shape index (κ2) is 4.85. The molecule has 2 atom stereocenters. The van der Waals surface area contributed by atoms with E-state index in [0.717, 1.165) is 12.8 Å². The first-order valence-corrected chi connectivity index (χ1v) is 6.33. The molecule has 1 amide bonds. The lowest BCUT2D eigenvalue weighted by Gasteiger charge is -2.37. The molecule has 0 bridgehead atoms. The third kappa shape index (κ3) is 2.81. The molecule has 2 rings (SSSR count). The van der Waals surface area contributed by atoms with E-state index >= 15 is 0 Å². The third-order valence-electron chi connectivity index (χ3n) is 3.71. The van der Waals surface area contributed by atoms with Crippen molar-refractivity contribution in [1.29, 1.82) is 0 Å². The largest absolute Gasteiger partial charge is 0.481 e. The Balaban J connectivity index is 1.95. The van der Waals surface area contributed by atoms with Crippen molar-refractivity contribution in [3.05, 3.63) is 0 Å². The number of aliphatic carboxylic acids is 1. The Bertz CT molecular complexity index is 352. The van der Waals surface area contributed by atoms with E-state index in [1.165, 1.54) is 0 Å². The predicted molar refractivity (Wildman–Crippen MR) is 63.9 cm³/mol. The van der Waals surface area contributed by atoms with Gasteiger partial charge in [0.25, 0.3) is 0 Å². The lowest BCUT2D eigenvalue weighted by atomic mass is 9.95. The van der Waals surface area contributed by atoms with Crippen LogP contribution in [0.2, 0.25) is 0 Å². The highest BCUT2D eigenvalue weighted by Crippen LogP contribution is 2.39. The summed E-state index contributed by atoms with van der Waals surface area (Å²) >= 11 is 0. The molecule has 2 unspecified atom stereocenters. The van der Waals surface area contributed by atoms with Crippen LogP contribution in [0.5, 0.6) is 0 Å². The lowest BCUT2D eigenvalue weighted by molar-refractivity contribution is -0.150. The second-order valence-electron chi connectivity index (χ2n) is 5.40. The van der Waals surface area contributed by atoms with E-state index in [4.69, 9.17) is 15.6 Å². The number of nitrogens with zero attached hydrogens (tertiary/aromatic N) is 1. The Morgan fingerprint density at radius 1 is 1.50 bits per heavy atom. The van der Waals surface area contributed by atoms with Crippen LogP contribution in [0.1, 0.15) is 26.2 Å². The Hall–Kier alpha value is -1.14. The number of carboxylic acids is 1. The zero-order valence-corrected chi connectivity index (χ0v) is 10.6. The van der Waals surface area contributed by atoms with E-state index in [1.807, 2.05) is 0 Å². The number of ether oxygens (including phenoxy) is 1. The van der Waals surface area contributed by atoms with Crippen LogP contribution in [0, 0.1) is 5.92 Å². The topological polar surface area (TPSA) is 92.9 Å². The van der Waals surface area contributed by atoms with Gasteiger partial charge in [0, 0.05) is 13.1 Å². The van der Waals surface area contributed by atoms with Crippen LogP contribution in [0.3, 0.4) is 0 Å². The van der Waals surface area contributed by atoms with Crippen molar-refractivity contribution < 1.29 is 19.4 Å². The fourth-order valence-electron chi connectivity index (χ4n) is 2.42. The minimum Gasteiger partial charge on any atom is -0.481 e. The van der Waals surface area contributed by atoms with Crippen LogP contribution in [-0.2, 0) is 14.3 Å². The highest BCUT2D eigenvalue weighted by atomic mass is 16.5. The molecule has 0 aromatic rings. The molecule has 6 nitrogen and oxygen atoms in total. The quantitative estimate of drug-likeness (QED) is 0.727. The molecule has 1 aliphatic heterocycles. The Morgan fingerprint density at radius 3 is 2.72 bits per heavy atom. The molecule has 2 fully saturated rings. The van der Waals surface area contributed by atoms with E-state index < -0.39 is 17.6 Å². The Labute approximate surface area is 106 Å². The number of nitrogens with two attached hydrogens (primary N) is 1. The van der Waals surface area contributed by atoms with Gasteiger partial charge in [0.15, 0.2) is 0 Å². The maximum Gasteiger partial charge on any atom is 0.306 e. The molecule has 1 aliphatic carbocycles. The normalized spacial score (nSPS) is 27.7. The van der Waals surface area contributed by atoms with Gasteiger partial charge in [0.1, 0.15) is 0 Å². The SMILES string of the molecule is CC(N)(C(=O)N1CCOC(CC(=O)O)C1)C1CC1. The number of carbonyl (C=O) groups excluding carboxylic acids is 1. The molecule has 3 N–H and O–H groups in total. The zero-order chi connectivity index (χ0) is 13.3. The molecule has 102 valence electrons. The molecule has 0 radical (unpaired) electrons. The monoisotopic (exact) mass is 256 g/mol. The molecule has 6 heteroatoms. The molecule has 2 aliphatic rings. The maximum atomic E-state index is 12.3. The average Bonchev–Trinajstić information content (AvgIpc) is 3.11. The molecular formula is C12H20N2O4. The van der Waals surface area contributed by atoms with Crippen molar-refractivity contribution in [2.24, 2.45) is 11.7 Å². The first-order valence-electron chi connectivity index (χ1n) is 6.33. The van der Waals surface area contributed by atoms with Gasteiger partial charge in [0.2, 0.25) is 5.91 Å². The molecule has 0 aromatic heterocycles. The van der Waals surface area contributed by atoms with Crippen LogP contribution in [0.15, 0.2) is 0 Å². The summed E-state index contributed by atoms with van der Waals surface area (Å²) in [7, 11) is 0. The first kappa shape index (κ1) is 13.3. The summed E-state index contributed by atoms with van der Waals surface area (Å²) in [5, 5.41) is 8.74. The van der Waals surface area contributed by atoms with Crippen molar-refractivity contribution in [3.63, 3.8) is 0 Å². The van der Waals surface area contributed by atoms with Gasteiger partial charge >= 0.3 is 5.97 Å². The number of hydrogen-bond donors (Lipinski definition) is 2. The molecule has 1 saturated heterocycles. The number of hydrogen-bond acceptors (Lipinski definition) is 4. The third-order valence-corrected chi connectivity index (χ3v) is 3.71. The molecule has 1 saturated carbocycles. The van der Waals surface area contributed by atoms with E-state index in [1.54, 1.807) is 11.8 Å². The van der Waals surface area contributed by atoms with Crippen LogP contribution in [0.25, 0.3) is 0 Å². The van der Waals surface area contributed by atoms with Crippen LogP contribution < -0.4 is 5.73 Å². The van der Waals surface area contributed by atoms with Crippen molar-refractivity contribution >= 4 is 11.9 Å². The van der Waals surface area contributed by atoms with Gasteiger partial charge in [-0.25, -0.2) is 0 Å². The Kier molecular flexibility index (Phi) is 3.59. The second-order valence-corrected chi connectivity index (χ2v) is 5.40. The van der Waals surface area contributed by atoms with E-state index in [2.05, 4.69) is 0 Å². The smallest absolute Gasteiger partial charge is 0.306 e. The molecule has 0 spiro atoms. The number of rotatable bonds is 4. The molecular weight excluding hydrogens is 236 g/mol. The molecule has 18 heavy (non-hydrogen) atoms. The average molecular weight is 256 g/mol. The van der Waals surface area contributed by atoms with Crippen LogP contribution in [-0.4, -0.2) is 53.2 Å². The summed E-state index contributed by atoms with van der Waals surface area (Å²) < 4.78 is 5.34. The summed E-state index contributed by atoms with van der Waals surface area (Å²) in [6.45, 7) is 2.97. The van der Waals surface area contributed by atoms with Gasteiger partial charge in [0.05, 0.1) is 24.7 Å². The summed E-state index contributed by atoms with van der Waals surface area (Å²) in [6.07, 6.45) is 1.51. The molecule has 0 aromatic carbocycles. The number of amides is 1. The summed E-state index contributed by atoms with van der Waals surface area (Å²) in [4.78, 5) is 24.6. The fourth-order valence-corrected chi connectivity index (χ4v) is 2.42. The maximum absolute atomic E-state index is 12.3. The molecule has 1 heterocycles. The summed E-state index contributed by atoms with van der Waals surface area (Å²) in [5.74, 6) is -0.721. The van der Waals surface area contributed by atoms with Crippen molar-refractivity contribution in [2.45, 2.75) is 37.8 Å². The highest BCUT2D eigenvalue weighted by molar-refractivity contribution is 5.86. The van der Waals surface area contributed by atoms with Crippen molar-refractivity contribution in [2.75, 3.05) is 19.7 Å². The predicted octanol–water partition coefficient (Wildman–Crippen LogP) is -0.184. The Morgan fingerprint density at radius 2 is 2.17 bits per heavy atom. The standard InChI is InChI=1S/C12H20N2O4/c1-12(13,8-2-3-8)11(17)14-4-5-18-9(7-14)6-10(15)16/h8-9H,2-7,13H2,1H3,(H,15,16). The van der Waals surface area contributed by atoms with E-state index in [9.17, 15) is 9.59 Å². The van der Waals surface area contributed by atoms with E-state index in [0.29, 0.717) is 19.7 Å².